The highest BCUT2D eigenvalue weighted by Crippen LogP contribution is 2.22. The second kappa shape index (κ2) is 5.06. The van der Waals surface area contributed by atoms with Crippen molar-refractivity contribution < 1.29 is 4.39 Å². The molecule has 1 atom stereocenters. The van der Waals surface area contributed by atoms with Crippen LogP contribution < -0.4 is 4.90 Å². The summed E-state index contributed by atoms with van der Waals surface area (Å²) in [6.07, 6.45) is 2.11. The zero-order valence-corrected chi connectivity index (χ0v) is 10.5. The van der Waals surface area contributed by atoms with Crippen LogP contribution in [0, 0.1) is 5.82 Å². The van der Waals surface area contributed by atoms with Crippen molar-refractivity contribution in [2.75, 3.05) is 30.8 Å². The van der Waals surface area contributed by atoms with Gasteiger partial charge in [0.15, 0.2) is 0 Å². The Morgan fingerprint density at radius 2 is 1.94 bits per heavy atom. The Bertz CT molecular complexity index is 341. The predicted molar refractivity (Wildman–Crippen MR) is 68.3 cm³/mol. The highest BCUT2D eigenvalue weighted by atomic mass is 32.2. The maximum Gasteiger partial charge on any atom is 0.123 e. The molecule has 0 saturated carbocycles. The number of hydrogen-bond acceptors (Lipinski definition) is 3. The first kappa shape index (κ1) is 11.7. The molecule has 0 aromatic heterocycles. The minimum atomic E-state index is -0.167. The van der Waals surface area contributed by atoms with E-state index >= 15 is 0 Å². The third-order valence-corrected chi connectivity index (χ3v) is 3.85. The number of rotatable bonds is 2. The molecule has 1 aliphatic rings. The van der Waals surface area contributed by atoms with Crippen molar-refractivity contribution in [1.29, 1.82) is 0 Å². The van der Waals surface area contributed by atoms with Gasteiger partial charge in [0.2, 0.25) is 0 Å². The number of halogens is 1. The van der Waals surface area contributed by atoms with Gasteiger partial charge < -0.3 is 4.90 Å². The second-order valence-electron chi connectivity index (χ2n) is 4.09. The van der Waals surface area contributed by atoms with Gasteiger partial charge in [-0.1, -0.05) is 11.9 Å². The van der Waals surface area contributed by atoms with Crippen LogP contribution >= 0.6 is 11.9 Å². The molecule has 16 heavy (non-hydrogen) atoms. The maximum atomic E-state index is 12.8. The van der Waals surface area contributed by atoms with E-state index in [1.54, 1.807) is 11.9 Å². The highest BCUT2D eigenvalue weighted by molar-refractivity contribution is 7.96. The zero-order valence-electron chi connectivity index (χ0n) is 9.69. The van der Waals surface area contributed by atoms with Crippen LogP contribution in [0.4, 0.5) is 10.1 Å². The van der Waals surface area contributed by atoms with Gasteiger partial charge in [-0.3, -0.25) is 0 Å². The fraction of sp³-hybridized carbons (Fsp3) is 0.500. The normalized spacial score (nSPS) is 22.4. The van der Waals surface area contributed by atoms with E-state index in [0.717, 1.165) is 25.3 Å². The molecule has 88 valence electrons. The van der Waals surface area contributed by atoms with Crippen molar-refractivity contribution in [1.82, 2.24) is 4.31 Å². The number of hydrogen-bond donors (Lipinski definition) is 0. The number of anilines is 1. The average molecular weight is 240 g/mol. The van der Waals surface area contributed by atoms with Crippen LogP contribution in [-0.4, -0.2) is 36.2 Å². The summed E-state index contributed by atoms with van der Waals surface area (Å²) in [7, 11) is 0. The molecule has 1 aliphatic heterocycles. The summed E-state index contributed by atoms with van der Waals surface area (Å²) in [4.78, 5) is 2.34. The Morgan fingerprint density at radius 1 is 1.25 bits per heavy atom. The van der Waals surface area contributed by atoms with Crippen LogP contribution in [0.5, 0.6) is 0 Å². The fourth-order valence-electron chi connectivity index (χ4n) is 2.11. The Hall–Kier alpha value is -0.740. The molecule has 1 aromatic carbocycles. The van der Waals surface area contributed by atoms with Crippen LogP contribution in [0.1, 0.15) is 6.92 Å². The topological polar surface area (TPSA) is 6.48 Å². The van der Waals surface area contributed by atoms with Gasteiger partial charge in [-0.15, -0.1) is 0 Å². The molecular formula is C12H17FN2S. The van der Waals surface area contributed by atoms with Crippen molar-refractivity contribution in [3.05, 3.63) is 30.1 Å². The third kappa shape index (κ3) is 2.50. The molecule has 1 aromatic rings. The summed E-state index contributed by atoms with van der Waals surface area (Å²) in [6, 6.07) is 7.26. The van der Waals surface area contributed by atoms with E-state index in [9.17, 15) is 4.39 Å². The first-order chi connectivity index (χ1) is 7.70. The van der Waals surface area contributed by atoms with Crippen molar-refractivity contribution in [2.24, 2.45) is 0 Å². The molecule has 0 amide bonds. The molecule has 1 fully saturated rings. The van der Waals surface area contributed by atoms with E-state index in [0.29, 0.717) is 6.04 Å². The average Bonchev–Trinajstić information content (AvgIpc) is 2.30. The second-order valence-corrected chi connectivity index (χ2v) is 4.97. The maximum absolute atomic E-state index is 12.8. The van der Waals surface area contributed by atoms with E-state index in [1.165, 1.54) is 12.1 Å². The minimum Gasteiger partial charge on any atom is -0.366 e. The molecule has 0 radical (unpaired) electrons. The molecule has 0 N–H and O–H groups in total. The van der Waals surface area contributed by atoms with Gasteiger partial charge >= 0.3 is 0 Å². The van der Waals surface area contributed by atoms with Gasteiger partial charge in [0.1, 0.15) is 5.82 Å². The predicted octanol–water partition coefficient (Wildman–Crippen LogP) is 2.61. The van der Waals surface area contributed by atoms with Gasteiger partial charge in [-0.25, -0.2) is 8.70 Å². The summed E-state index contributed by atoms with van der Waals surface area (Å²) in [5, 5.41) is 0. The lowest BCUT2D eigenvalue weighted by molar-refractivity contribution is 0.375. The number of piperazine rings is 1. The van der Waals surface area contributed by atoms with Gasteiger partial charge in [0.25, 0.3) is 0 Å². The van der Waals surface area contributed by atoms with Gasteiger partial charge in [-0.2, -0.15) is 0 Å². The first-order valence-electron chi connectivity index (χ1n) is 5.52. The molecule has 1 heterocycles. The molecule has 2 rings (SSSR count). The number of nitrogens with zero attached hydrogens (tertiary/aromatic N) is 2. The lowest BCUT2D eigenvalue weighted by atomic mass is 10.2. The molecular weight excluding hydrogens is 223 g/mol. The largest absolute Gasteiger partial charge is 0.366 e. The van der Waals surface area contributed by atoms with Crippen molar-refractivity contribution in [3.8, 4) is 0 Å². The summed E-state index contributed by atoms with van der Waals surface area (Å²) < 4.78 is 15.2. The van der Waals surface area contributed by atoms with Crippen molar-refractivity contribution >= 4 is 17.6 Å². The summed E-state index contributed by atoms with van der Waals surface area (Å²) >= 11 is 1.80. The standard InChI is InChI=1S/C12H17FN2S/c1-10-9-14(16-2)7-8-15(10)12-5-3-11(13)4-6-12/h3-6,10H,7-9H2,1-2H3. The first-order valence-corrected chi connectivity index (χ1v) is 6.70. The summed E-state index contributed by atoms with van der Waals surface area (Å²) in [5.41, 5.74) is 1.12. The van der Waals surface area contributed by atoms with Crippen LogP contribution in [0.3, 0.4) is 0 Å². The lowest BCUT2D eigenvalue weighted by Crippen LogP contribution is -2.49. The SMILES string of the molecule is CSN1CCN(c2ccc(F)cc2)C(C)C1. The number of benzene rings is 1. The van der Waals surface area contributed by atoms with Gasteiger partial charge in [-0.05, 0) is 37.4 Å². The molecule has 0 bridgehead atoms. The Balaban J connectivity index is 2.08. The quantitative estimate of drug-likeness (QED) is 0.734. The fourth-order valence-corrected chi connectivity index (χ4v) is 2.74. The lowest BCUT2D eigenvalue weighted by Gasteiger charge is -2.40. The smallest absolute Gasteiger partial charge is 0.123 e. The van der Waals surface area contributed by atoms with E-state index in [2.05, 4.69) is 22.4 Å². The Labute approximate surface area is 101 Å². The van der Waals surface area contributed by atoms with Crippen LogP contribution in [0.25, 0.3) is 0 Å². The Kier molecular flexibility index (Phi) is 3.71. The summed E-state index contributed by atoms with van der Waals surface area (Å²) in [6.45, 7) is 5.33. The van der Waals surface area contributed by atoms with Crippen LogP contribution in [0.2, 0.25) is 0 Å². The highest BCUT2D eigenvalue weighted by Gasteiger charge is 2.23. The minimum absolute atomic E-state index is 0.167. The summed E-state index contributed by atoms with van der Waals surface area (Å²) in [5.74, 6) is -0.167. The molecule has 2 nitrogen and oxygen atoms in total. The zero-order chi connectivity index (χ0) is 11.5. The van der Waals surface area contributed by atoms with Gasteiger partial charge in [0, 0.05) is 31.4 Å². The Morgan fingerprint density at radius 3 is 2.50 bits per heavy atom. The van der Waals surface area contributed by atoms with E-state index in [4.69, 9.17) is 0 Å². The van der Waals surface area contributed by atoms with Crippen LogP contribution in [-0.2, 0) is 0 Å². The monoisotopic (exact) mass is 240 g/mol. The van der Waals surface area contributed by atoms with Gasteiger partial charge in [0.05, 0.1) is 0 Å². The van der Waals surface area contributed by atoms with Crippen molar-refractivity contribution in [3.63, 3.8) is 0 Å². The molecule has 0 aliphatic carbocycles. The molecule has 1 saturated heterocycles. The molecule has 1 unspecified atom stereocenters. The molecule has 0 spiro atoms. The third-order valence-electron chi connectivity index (χ3n) is 3.01. The van der Waals surface area contributed by atoms with Crippen molar-refractivity contribution in [2.45, 2.75) is 13.0 Å². The van der Waals surface area contributed by atoms with E-state index < -0.39 is 0 Å². The molecule has 4 heteroatoms. The van der Waals surface area contributed by atoms with Crippen LogP contribution in [0.15, 0.2) is 24.3 Å². The van der Waals surface area contributed by atoms with E-state index in [-0.39, 0.29) is 5.82 Å². The van der Waals surface area contributed by atoms with E-state index in [1.807, 2.05) is 12.1 Å².